The Labute approximate surface area is 124 Å². The second-order valence-corrected chi connectivity index (χ2v) is 8.46. The fourth-order valence-electron chi connectivity index (χ4n) is 2.43. The molecule has 7 nitrogen and oxygen atoms in total. The van der Waals surface area contributed by atoms with Gasteiger partial charge in [-0.15, -0.1) is 0 Å². The summed E-state index contributed by atoms with van der Waals surface area (Å²) in [6.45, 7) is 0.00166. The molecule has 0 spiro atoms. The molecule has 118 valence electrons. The van der Waals surface area contributed by atoms with Crippen molar-refractivity contribution < 1.29 is 21.9 Å². The van der Waals surface area contributed by atoms with Crippen molar-refractivity contribution >= 4 is 20.0 Å². The summed E-state index contributed by atoms with van der Waals surface area (Å²) in [4.78, 5) is -0.546. The van der Waals surface area contributed by atoms with E-state index in [2.05, 4.69) is 4.72 Å². The molecule has 1 saturated heterocycles. The minimum absolute atomic E-state index is 0.264. The molecule has 9 heteroatoms. The SMILES string of the molecule is CNS(=O)(=O)c1ccccc1S(=O)(=O)N1CCC[C@H]1CO. The van der Waals surface area contributed by atoms with E-state index in [-0.39, 0.29) is 22.9 Å². The number of aliphatic hydroxyl groups excluding tert-OH is 1. The Kier molecular flexibility index (Phi) is 4.69. The van der Waals surface area contributed by atoms with E-state index in [0.717, 1.165) is 0 Å². The predicted molar refractivity (Wildman–Crippen MR) is 76.7 cm³/mol. The van der Waals surface area contributed by atoms with Gasteiger partial charge in [0.15, 0.2) is 0 Å². The van der Waals surface area contributed by atoms with Gasteiger partial charge in [0.05, 0.1) is 6.61 Å². The van der Waals surface area contributed by atoms with Crippen molar-refractivity contribution in [3.63, 3.8) is 0 Å². The molecule has 1 atom stereocenters. The summed E-state index contributed by atoms with van der Waals surface area (Å²) in [6.07, 6.45) is 1.21. The number of sulfonamides is 2. The van der Waals surface area contributed by atoms with E-state index in [1.165, 1.54) is 35.6 Å². The molecular weight excluding hydrogens is 316 g/mol. The average molecular weight is 334 g/mol. The van der Waals surface area contributed by atoms with E-state index in [4.69, 9.17) is 0 Å². The highest BCUT2D eigenvalue weighted by Crippen LogP contribution is 2.29. The topological polar surface area (TPSA) is 104 Å². The zero-order chi connectivity index (χ0) is 15.7. The largest absolute Gasteiger partial charge is 0.395 e. The van der Waals surface area contributed by atoms with Crippen molar-refractivity contribution in [3.8, 4) is 0 Å². The number of rotatable bonds is 5. The Bertz CT molecular complexity index is 715. The van der Waals surface area contributed by atoms with Gasteiger partial charge in [-0.2, -0.15) is 4.31 Å². The van der Waals surface area contributed by atoms with Crippen molar-refractivity contribution in [2.75, 3.05) is 20.2 Å². The lowest BCUT2D eigenvalue weighted by atomic mass is 10.2. The van der Waals surface area contributed by atoms with Gasteiger partial charge in [0.1, 0.15) is 9.79 Å². The smallest absolute Gasteiger partial charge is 0.244 e. The third-order valence-corrected chi connectivity index (χ3v) is 7.14. The highest BCUT2D eigenvalue weighted by Gasteiger charge is 2.37. The van der Waals surface area contributed by atoms with Crippen LogP contribution in [0.15, 0.2) is 34.1 Å². The lowest BCUT2D eigenvalue weighted by Crippen LogP contribution is -2.38. The summed E-state index contributed by atoms with van der Waals surface area (Å²) < 4.78 is 52.7. The zero-order valence-corrected chi connectivity index (χ0v) is 13.2. The van der Waals surface area contributed by atoms with Crippen LogP contribution in [0.25, 0.3) is 0 Å². The van der Waals surface area contributed by atoms with Gasteiger partial charge in [-0.05, 0) is 32.0 Å². The molecule has 0 amide bonds. The van der Waals surface area contributed by atoms with E-state index in [9.17, 15) is 21.9 Å². The fourth-order valence-corrected chi connectivity index (χ4v) is 5.64. The fraction of sp³-hybridized carbons (Fsp3) is 0.500. The number of aliphatic hydroxyl groups is 1. The number of nitrogens with zero attached hydrogens (tertiary/aromatic N) is 1. The molecule has 0 radical (unpaired) electrons. The third kappa shape index (κ3) is 2.97. The highest BCUT2D eigenvalue weighted by atomic mass is 32.2. The lowest BCUT2D eigenvalue weighted by molar-refractivity contribution is 0.213. The molecule has 1 aromatic carbocycles. The van der Waals surface area contributed by atoms with Crippen molar-refractivity contribution in [1.29, 1.82) is 0 Å². The van der Waals surface area contributed by atoms with Crippen molar-refractivity contribution in [3.05, 3.63) is 24.3 Å². The molecule has 1 heterocycles. The van der Waals surface area contributed by atoms with Crippen LogP contribution in [0.2, 0.25) is 0 Å². The predicted octanol–water partition coefficient (Wildman–Crippen LogP) is -0.260. The molecule has 1 aliphatic rings. The molecular formula is C12H18N2O5S2. The van der Waals surface area contributed by atoms with Gasteiger partial charge < -0.3 is 5.11 Å². The van der Waals surface area contributed by atoms with Gasteiger partial charge in [0.2, 0.25) is 20.0 Å². The van der Waals surface area contributed by atoms with Crippen LogP contribution in [0.1, 0.15) is 12.8 Å². The Morgan fingerprint density at radius 3 is 2.43 bits per heavy atom. The molecule has 1 fully saturated rings. The van der Waals surface area contributed by atoms with E-state index < -0.39 is 26.1 Å². The quantitative estimate of drug-likeness (QED) is 0.772. The highest BCUT2D eigenvalue weighted by molar-refractivity contribution is 7.92. The molecule has 0 unspecified atom stereocenters. The maximum absolute atomic E-state index is 12.7. The monoisotopic (exact) mass is 334 g/mol. The van der Waals surface area contributed by atoms with Gasteiger partial charge in [-0.1, -0.05) is 12.1 Å². The normalized spacial score (nSPS) is 20.8. The van der Waals surface area contributed by atoms with Crippen LogP contribution in [0, 0.1) is 0 Å². The molecule has 0 aliphatic carbocycles. The van der Waals surface area contributed by atoms with Gasteiger partial charge in [0, 0.05) is 12.6 Å². The summed E-state index contributed by atoms with van der Waals surface area (Å²) in [5.74, 6) is 0. The summed E-state index contributed by atoms with van der Waals surface area (Å²) in [7, 11) is -6.63. The third-order valence-electron chi connectivity index (χ3n) is 3.53. The summed E-state index contributed by atoms with van der Waals surface area (Å²) >= 11 is 0. The molecule has 2 rings (SSSR count). The first-order valence-corrected chi connectivity index (χ1v) is 9.42. The first kappa shape index (κ1) is 16.4. The molecule has 0 bridgehead atoms. The molecule has 2 N–H and O–H groups in total. The molecule has 1 aromatic rings. The van der Waals surface area contributed by atoms with Gasteiger partial charge in [-0.25, -0.2) is 21.6 Å². The molecule has 21 heavy (non-hydrogen) atoms. The van der Waals surface area contributed by atoms with Crippen LogP contribution in [0.5, 0.6) is 0 Å². The Morgan fingerprint density at radius 2 is 1.86 bits per heavy atom. The minimum atomic E-state index is -3.97. The number of hydrogen-bond donors (Lipinski definition) is 2. The summed E-state index contributed by atoms with van der Waals surface area (Å²) in [5, 5.41) is 9.29. The van der Waals surface area contributed by atoms with Crippen LogP contribution in [0.4, 0.5) is 0 Å². The van der Waals surface area contributed by atoms with E-state index in [0.29, 0.717) is 12.8 Å². The second kappa shape index (κ2) is 6.01. The van der Waals surface area contributed by atoms with Crippen LogP contribution in [0.3, 0.4) is 0 Å². The first-order chi connectivity index (χ1) is 9.84. The Hall–Kier alpha value is -1.00. The maximum atomic E-state index is 12.7. The molecule has 0 saturated carbocycles. The first-order valence-electron chi connectivity index (χ1n) is 6.50. The number of nitrogens with one attached hydrogen (secondary N) is 1. The van der Waals surface area contributed by atoms with Gasteiger partial charge in [-0.3, -0.25) is 0 Å². The minimum Gasteiger partial charge on any atom is -0.395 e. The van der Waals surface area contributed by atoms with Crippen molar-refractivity contribution in [2.24, 2.45) is 0 Å². The summed E-state index contributed by atoms with van der Waals surface area (Å²) in [6, 6.07) is 4.97. The van der Waals surface area contributed by atoms with Gasteiger partial charge in [0.25, 0.3) is 0 Å². The van der Waals surface area contributed by atoms with Crippen LogP contribution < -0.4 is 4.72 Å². The number of hydrogen-bond acceptors (Lipinski definition) is 5. The average Bonchev–Trinajstić information content (AvgIpc) is 2.96. The van der Waals surface area contributed by atoms with Gasteiger partial charge >= 0.3 is 0 Å². The molecule has 0 aromatic heterocycles. The van der Waals surface area contributed by atoms with Crippen LogP contribution in [-0.4, -0.2) is 52.5 Å². The van der Waals surface area contributed by atoms with Crippen molar-refractivity contribution in [2.45, 2.75) is 28.7 Å². The second-order valence-electron chi connectivity index (χ2n) is 4.75. The lowest BCUT2D eigenvalue weighted by Gasteiger charge is -2.23. The van der Waals surface area contributed by atoms with Crippen molar-refractivity contribution in [1.82, 2.24) is 9.03 Å². The number of benzene rings is 1. The van der Waals surface area contributed by atoms with E-state index in [1.54, 1.807) is 0 Å². The maximum Gasteiger partial charge on any atom is 0.244 e. The zero-order valence-electron chi connectivity index (χ0n) is 11.6. The van der Waals surface area contributed by atoms with E-state index in [1.807, 2.05) is 0 Å². The van der Waals surface area contributed by atoms with E-state index >= 15 is 0 Å². The molecule has 1 aliphatic heterocycles. The summed E-state index contributed by atoms with van der Waals surface area (Å²) in [5.41, 5.74) is 0. The van der Waals surface area contributed by atoms with Crippen LogP contribution in [-0.2, 0) is 20.0 Å². The van der Waals surface area contributed by atoms with Crippen LogP contribution >= 0.6 is 0 Å². The standard InChI is InChI=1S/C12H18N2O5S2/c1-13-20(16,17)11-6-2-3-7-12(11)21(18,19)14-8-4-5-10(14)9-15/h2-3,6-7,10,13,15H,4-5,8-9H2,1H3/t10-/m0/s1. The Morgan fingerprint density at radius 1 is 1.24 bits per heavy atom. The Balaban J connectivity index is 2.56.